The number of ketones is 1. The van der Waals surface area contributed by atoms with Gasteiger partial charge in [-0.15, -0.1) is 11.3 Å². The Bertz CT molecular complexity index is 681. The largest absolute Gasteiger partial charge is 0.493 e. The van der Waals surface area contributed by atoms with Crippen LogP contribution >= 0.6 is 22.9 Å². The Labute approximate surface area is 137 Å². The smallest absolute Gasteiger partial charge is 0.203 e. The van der Waals surface area contributed by atoms with Gasteiger partial charge in [0.25, 0.3) is 0 Å². The van der Waals surface area contributed by atoms with Gasteiger partial charge in [-0.1, -0.05) is 17.7 Å². The normalized spacial score (nSPS) is 10.7. The molecule has 0 fully saturated rings. The van der Waals surface area contributed by atoms with E-state index < -0.39 is 0 Å². The van der Waals surface area contributed by atoms with Crippen molar-refractivity contribution in [3.8, 4) is 17.2 Å². The predicted molar refractivity (Wildman–Crippen MR) is 88.8 cm³/mol. The number of thiophene rings is 1. The number of halogens is 1. The summed E-state index contributed by atoms with van der Waals surface area (Å²) in [7, 11) is 4.63. The molecule has 4 nitrogen and oxygen atoms in total. The fourth-order valence-electron chi connectivity index (χ4n) is 1.90. The molecule has 0 saturated heterocycles. The summed E-state index contributed by atoms with van der Waals surface area (Å²) in [6, 6.07) is 6.95. The van der Waals surface area contributed by atoms with Gasteiger partial charge >= 0.3 is 0 Å². The van der Waals surface area contributed by atoms with Crippen LogP contribution in [0.4, 0.5) is 0 Å². The number of carbonyl (C=O) groups excluding carboxylic acids is 1. The molecule has 1 aromatic carbocycles. The maximum Gasteiger partial charge on any atom is 0.203 e. The summed E-state index contributed by atoms with van der Waals surface area (Å²) in [5.41, 5.74) is 0.769. The van der Waals surface area contributed by atoms with E-state index in [9.17, 15) is 4.79 Å². The van der Waals surface area contributed by atoms with Gasteiger partial charge in [0.2, 0.25) is 5.75 Å². The van der Waals surface area contributed by atoms with Gasteiger partial charge in [0.15, 0.2) is 17.3 Å². The van der Waals surface area contributed by atoms with E-state index in [-0.39, 0.29) is 5.78 Å². The summed E-state index contributed by atoms with van der Waals surface area (Å²) in [5.74, 6) is 1.48. The predicted octanol–water partition coefficient (Wildman–Crippen LogP) is 4.32. The molecule has 1 heterocycles. The minimum Gasteiger partial charge on any atom is -0.493 e. The lowest BCUT2D eigenvalue weighted by molar-refractivity contribution is 0.105. The minimum absolute atomic E-state index is 0.106. The summed E-state index contributed by atoms with van der Waals surface area (Å²) >= 11 is 7.08. The van der Waals surface area contributed by atoms with Gasteiger partial charge in [-0.2, -0.15) is 0 Å². The van der Waals surface area contributed by atoms with Crippen molar-refractivity contribution in [3.05, 3.63) is 45.1 Å². The van der Waals surface area contributed by atoms with E-state index in [4.69, 9.17) is 25.8 Å². The van der Waals surface area contributed by atoms with Gasteiger partial charge < -0.3 is 14.2 Å². The van der Waals surface area contributed by atoms with Crippen LogP contribution in [0.25, 0.3) is 6.08 Å². The number of ether oxygens (including phenoxy) is 3. The molecule has 2 aromatic rings. The summed E-state index contributed by atoms with van der Waals surface area (Å²) in [6.45, 7) is 0. The molecule has 0 bridgehead atoms. The maximum atomic E-state index is 12.0. The van der Waals surface area contributed by atoms with Crippen LogP contribution in [0.1, 0.15) is 15.2 Å². The van der Waals surface area contributed by atoms with E-state index in [2.05, 4.69) is 0 Å². The highest BCUT2D eigenvalue weighted by Crippen LogP contribution is 2.38. The van der Waals surface area contributed by atoms with Gasteiger partial charge in [-0.25, -0.2) is 0 Å². The third-order valence-corrected chi connectivity index (χ3v) is 4.18. The van der Waals surface area contributed by atoms with Crippen molar-refractivity contribution in [1.29, 1.82) is 0 Å². The number of carbonyl (C=O) groups is 1. The molecule has 116 valence electrons. The Balaban J connectivity index is 2.29. The van der Waals surface area contributed by atoms with Crippen molar-refractivity contribution in [3.63, 3.8) is 0 Å². The highest BCUT2D eigenvalue weighted by atomic mass is 35.5. The number of hydrogen-bond acceptors (Lipinski definition) is 5. The van der Waals surface area contributed by atoms with Crippen LogP contribution in [0.3, 0.4) is 0 Å². The first-order chi connectivity index (χ1) is 10.6. The lowest BCUT2D eigenvalue weighted by Crippen LogP contribution is -1.96. The van der Waals surface area contributed by atoms with E-state index in [1.807, 2.05) is 0 Å². The first-order valence-electron chi connectivity index (χ1n) is 6.36. The highest BCUT2D eigenvalue weighted by Gasteiger charge is 2.12. The molecule has 22 heavy (non-hydrogen) atoms. The molecule has 0 radical (unpaired) electrons. The third-order valence-electron chi connectivity index (χ3n) is 2.93. The van der Waals surface area contributed by atoms with Crippen LogP contribution < -0.4 is 14.2 Å². The molecule has 0 amide bonds. The van der Waals surface area contributed by atoms with E-state index >= 15 is 0 Å². The molecular weight excluding hydrogens is 324 g/mol. The first kappa shape index (κ1) is 16.4. The van der Waals surface area contributed by atoms with E-state index in [0.29, 0.717) is 26.5 Å². The fraction of sp³-hybridized carbons (Fsp3) is 0.188. The van der Waals surface area contributed by atoms with Crippen molar-refractivity contribution in [2.45, 2.75) is 0 Å². The van der Waals surface area contributed by atoms with E-state index in [1.54, 1.807) is 51.7 Å². The Morgan fingerprint density at radius 1 is 1.09 bits per heavy atom. The molecule has 0 spiro atoms. The second-order valence-corrected chi connectivity index (χ2v) is 5.98. The quantitative estimate of drug-likeness (QED) is 0.581. The maximum absolute atomic E-state index is 12.0. The Morgan fingerprint density at radius 3 is 2.18 bits per heavy atom. The summed E-state index contributed by atoms with van der Waals surface area (Å²) in [5, 5.41) is 0. The Hall–Kier alpha value is -1.98. The minimum atomic E-state index is -0.106. The summed E-state index contributed by atoms with van der Waals surface area (Å²) in [6.07, 6.45) is 3.18. The molecule has 0 unspecified atom stereocenters. The second kappa shape index (κ2) is 7.33. The molecule has 0 aliphatic heterocycles. The highest BCUT2D eigenvalue weighted by molar-refractivity contribution is 7.18. The van der Waals surface area contributed by atoms with Crippen LogP contribution in [-0.2, 0) is 0 Å². The SMILES string of the molecule is COc1cc(/C=C/C(=O)c2ccc(Cl)s2)cc(OC)c1OC. The molecule has 0 aliphatic carbocycles. The standard InChI is InChI=1S/C16H15ClO4S/c1-19-12-8-10(9-13(20-2)16(12)21-3)4-5-11(18)14-6-7-15(17)22-14/h4-9H,1-3H3/b5-4+. The van der Waals surface area contributed by atoms with Gasteiger partial charge in [-0.05, 0) is 35.9 Å². The number of methoxy groups -OCH3 is 3. The lowest BCUT2D eigenvalue weighted by Gasteiger charge is -2.12. The Morgan fingerprint density at radius 2 is 1.73 bits per heavy atom. The van der Waals surface area contributed by atoms with Crippen LogP contribution in [0.2, 0.25) is 4.34 Å². The summed E-state index contributed by atoms with van der Waals surface area (Å²) in [4.78, 5) is 12.6. The molecule has 0 saturated carbocycles. The molecule has 0 atom stereocenters. The van der Waals surface area contributed by atoms with E-state index in [0.717, 1.165) is 5.56 Å². The zero-order valence-corrected chi connectivity index (χ0v) is 14.0. The van der Waals surface area contributed by atoms with Crippen molar-refractivity contribution >= 4 is 34.8 Å². The number of rotatable bonds is 6. The van der Waals surface area contributed by atoms with Crippen molar-refractivity contribution in [2.24, 2.45) is 0 Å². The van der Waals surface area contributed by atoms with E-state index in [1.165, 1.54) is 17.4 Å². The molecule has 1 aromatic heterocycles. The third kappa shape index (κ3) is 3.61. The van der Waals surface area contributed by atoms with Gasteiger partial charge in [-0.3, -0.25) is 4.79 Å². The first-order valence-corrected chi connectivity index (χ1v) is 7.56. The Kier molecular flexibility index (Phi) is 5.46. The fourth-order valence-corrected chi connectivity index (χ4v) is 2.86. The van der Waals surface area contributed by atoms with Crippen LogP contribution in [0.5, 0.6) is 17.2 Å². The number of benzene rings is 1. The molecule has 2 rings (SSSR count). The monoisotopic (exact) mass is 338 g/mol. The van der Waals surface area contributed by atoms with Crippen molar-refractivity contribution in [2.75, 3.05) is 21.3 Å². The lowest BCUT2D eigenvalue weighted by atomic mass is 10.1. The van der Waals surface area contributed by atoms with Crippen LogP contribution in [0, 0.1) is 0 Å². The summed E-state index contributed by atoms with van der Waals surface area (Å²) < 4.78 is 16.4. The topological polar surface area (TPSA) is 44.8 Å². The molecular formula is C16H15ClO4S. The van der Waals surface area contributed by atoms with Gasteiger partial charge in [0, 0.05) is 0 Å². The van der Waals surface area contributed by atoms with Crippen molar-refractivity contribution < 1.29 is 19.0 Å². The van der Waals surface area contributed by atoms with Crippen molar-refractivity contribution in [1.82, 2.24) is 0 Å². The molecule has 6 heteroatoms. The molecule has 0 aliphatic rings. The zero-order chi connectivity index (χ0) is 16.1. The number of allylic oxidation sites excluding steroid dienone is 1. The van der Waals surface area contributed by atoms with Gasteiger partial charge in [0.05, 0.1) is 30.5 Å². The average Bonchev–Trinajstić information content (AvgIpc) is 2.97. The van der Waals surface area contributed by atoms with Crippen LogP contribution in [-0.4, -0.2) is 27.1 Å². The molecule has 0 N–H and O–H groups in total. The number of hydrogen-bond donors (Lipinski definition) is 0. The second-order valence-electron chi connectivity index (χ2n) is 4.26. The zero-order valence-electron chi connectivity index (χ0n) is 12.4. The average molecular weight is 339 g/mol. The van der Waals surface area contributed by atoms with Crippen LogP contribution in [0.15, 0.2) is 30.3 Å². The van der Waals surface area contributed by atoms with Gasteiger partial charge in [0.1, 0.15) is 0 Å².